The van der Waals surface area contributed by atoms with Crippen LogP contribution in [0.2, 0.25) is 0 Å². The highest BCUT2D eigenvalue weighted by Crippen LogP contribution is 2.19. The zero-order valence-electron chi connectivity index (χ0n) is 14.5. The summed E-state index contributed by atoms with van der Waals surface area (Å²) in [6.45, 7) is -5.36. The summed E-state index contributed by atoms with van der Waals surface area (Å²) in [5.41, 5.74) is -1.26. The maximum Gasteiger partial charge on any atom is 0.239 e. The summed E-state index contributed by atoms with van der Waals surface area (Å²) in [4.78, 5) is 11.6. The normalized spacial score (nSPS) is 21.9. The summed E-state index contributed by atoms with van der Waals surface area (Å²) in [6, 6.07) is 3.53. The van der Waals surface area contributed by atoms with E-state index in [-0.39, 0.29) is 0 Å². The Hall–Kier alpha value is -1.02. The molecule has 1 amide bonds. The Kier molecular flexibility index (Phi) is 1.19. The van der Waals surface area contributed by atoms with Crippen LogP contribution in [0.1, 0.15) is 22.1 Å². The minimum absolute atomic E-state index is 0.398. The highest BCUT2D eigenvalue weighted by Gasteiger charge is 2.04. The van der Waals surface area contributed by atoms with Gasteiger partial charge >= 0.3 is 0 Å². The monoisotopic (exact) mass is 205 g/mol. The number of hydrogen-bond acceptors (Lipinski definition) is 1. The molecule has 0 aliphatic rings. The minimum atomic E-state index is -2.80. The predicted octanol–water partition coefficient (Wildman–Crippen LogP) is 2.48. The molecule has 1 N–H and O–H groups in total. The number of nitrogens with one attached hydrogen (secondary N) is 1. The average Bonchev–Trinajstić information content (AvgIpc) is 2.24. The van der Waals surface area contributed by atoms with Crippen LogP contribution in [-0.2, 0) is 4.79 Å². The first-order valence-corrected chi connectivity index (χ1v) is 3.77. The van der Waals surface area contributed by atoms with Crippen LogP contribution in [0.4, 0.5) is 5.69 Å². The number of alkyl halides is 1. The lowest BCUT2D eigenvalue weighted by atomic mass is 10.1. The lowest BCUT2D eigenvalue weighted by molar-refractivity contribution is -0.113. The molecule has 2 nitrogen and oxygen atoms in total. The molecule has 0 aromatic heterocycles. The van der Waals surface area contributed by atoms with E-state index in [1.54, 1.807) is 0 Å². The van der Waals surface area contributed by atoms with Crippen molar-refractivity contribution in [3.63, 3.8) is 0 Å². The summed E-state index contributed by atoms with van der Waals surface area (Å²) >= 11 is 5.21. The van der Waals surface area contributed by atoms with Gasteiger partial charge in [0, 0.05) is 13.9 Å². The third kappa shape index (κ3) is 2.46. The Labute approximate surface area is 94.1 Å². The third-order valence-corrected chi connectivity index (χ3v) is 1.56. The van der Waals surface area contributed by atoms with Crippen molar-refractivity contribution in [2.24, 2.45) is 0 Å². The van der Waals surface area contributed by atoms with Gasteiger partial charge in [-0.3, -0.25) is 4.79 Å². The number of benzene rings is 1. The van der Waals surface area contributed by atoms with Gasteiger partial charge in [0.05, 0.1) is 2.74 Å². The van der Waals surface area contributed by atoms with Crippen molar-refractivity contribution in [1.29, 1.82) is 0 Å². The molecule has 0 aliphatic carbocycles. The number of carbonyl (C=O) groups is 1. The van der Waals surface area contributed by atoms with E-state index >= 15 is 0 Å². The number of anilines is 1. The van der Waals surface area contributed by atoms with Crippen LogP contribution in [0.5, 0.6) is 0 Å². The molecule has 0 atom stereocenters. The van der Waals surface area contributed by atoms with Crippen molar-refractivity contribution >= 4 is 23.2 Å². The molecule has 0 radical (unpaired) electrons. The summed E-state index contributed by atoms with van der Waals surface area (Å²) in [7, 11) is 0. The molecule has 1 rings (SSSR count). The maximum atomic E-state index is 11.6. The minimum Gasteiger partial charge on any atom is -0.325 e. The summed E-state index contributed by atoms with van der Waals surface area (Å²) < 4.78 is 58.5. The van der Waals surface area contributed by atoms with Gasteiger partial charge in [-0.25, -0.2) is 0 Å². The van der Waals surface area contributed by atoms with Gasteiger partial charge in [-0.05, 0) is 24.8 Å². The first-order chi connectivity index (χ1) is 9.24. The van der Waals surface area contributed by atoms with E-state index in [1.807, 2.05) is 5.32 Å². The highest BCUT2D eigenvalue weighted by atomic mass is 35.5. The number of para-hydroxylation sites is 1. The highest BCUT2D eigenvalue weighted by molar-refractivity contribution is 6.29. The van der Waals surface area contributed by atoms with Crippen LogP contribution in [0.25, 0.3) is 0 Å². The second-order valence-corrected chi connectivity index (χ2v) is 2.47. The van der Waals surface area contributed by atoms with E-state index in [1.165, 1.54) is 6.07 Å². The quantitative estimate of drug-likeness (QED) is 0.739. The van der Waals surface area contributed by atoms with Gasteiger partial charge in [0.1, 0.15) is 5.83 Å². The van der Waals surface area contributed by atoms with Crippen LogP contribution in [0.15, 0.2) is 18.2 Å². The molecule has 3 heteroatoms. The predicted molar refractivity (Wildman–Crippen MR) is 55.3 cm³/mol. The Balaban J connectivity index is 3.48. The van der Waals surface area contributed by atoms with Crippen LogP contribution >= 0.6 is 11.6 Å². The fourth-order valence-corrected chi connectivity index (χ4v) is 0.871. The molecule has 1 aromatic carbocycles. The van der Waals surface area contributed by atoms with Gasteiger partial charge in [0.25, 0.3) is 0 Å². The van der Waals surface area contributed by atoms with Gasteiger partial charge in [-0.2, -0.15) is 0 Å². The molecule has 70 valence electrons. The van der Waals surface area contributed by atoms with E-state index in [0.717, 1.165) is 12.1 Å². The summed E-state index contributed by atoms with van der Waals surface area (Å²) in [5, 5.41) is 1.97. The Morgan fingerprint density at radius 2 is 2.23 bits per heavy atom. The van der Waals surface area contributed by atoms with E-state index < -0.39 is 42.3 Å². The topological polar surface area (TPSA) is 29.1 Å². The SMILES string of the molecule is [2H]C([2H])(Cl)C(=O)Nc1c(C([2H])([2H])[2H])cccc1C([2H])([2H])[2H]. The van der Waals surface area contributed by atoms with Crippen molar-refractivity contribution in [2.75, 3.05) is 11.1 Å². The number of carbonyl (C=O) groups excluding carboxylic acids is 1. The lowest BCUT2D eigenvalue weighted by Gasteiger charge is -2.09. The second kappa shape index (κ2) is 4.28. The molecule has 1 aromatic rings. The zero-order valence-corrected chi connectivity index (χ0v) is 7.27. The molecule has 0 bridgehead atoms. The van der Waals surface area contributed by atoms with Crippen molar-refractivity contribution in [3.05, 3.63) is 29.3 Å². The maximum absolute atomic E-state index is 11.6. The van der Waals surface area contributed by atoms with Crippen molar-refractivity contribution in [2.45, 2.75) is 13.7 Å². The Morgan fingerprint density at radius 3 is 2.69 bits per heavy atom. The molecule has 0 heterocycles. The van der Waals surface area contributed by atoms with Gasteiger partial charge in [0.15, 0.2) is 0 Å². The second-order valence-electron chi connectivity index (χ2n) is 2.28. The smallest absolute Gasteiger partial charge is 0.239 e. The largest absolute Gasteiger partial charge is 0.325 e. The van der Waals surface area contributed by atoms with Crippen LogP contribution in [0.3, 0.4) is 0 Å². The first-order valence-electron chi connectivity index (χ1n) is 7.39. The van der Waals surface area contributed by atoms with E-state index in [2.05, 4.69) is 0 Å². The number of aryl methyl sites for hydroxylation is 2. The fourth-order valence-electron chi connectivity index (χ4n) is 0.824. The lowest BCUT2D eigenvalue weighted by Crippen LogP contribution is -2.14. The van der Waals surface area contributed by atoms with E-state index in [9.17, 15) is 4.79 Å². The van der Waals surface area contributed by atoms with Gasteiger partial charge in [-0.1, -0.05) is 18.2 Å². The average molecular weight is 206 g/mol. The molecular formula is C10H12ClNO. The Bertz CT molecular complexity index is 513. The molecule has 0 spiro atoms. The van der Waals surface area contributed by atoms with Crippen LogP contribution < -0.4 is 5.32 Å². The van der Waals surface area contributed by atoms with Crippen molar-refractivity contribution < 1.29 is 15.8 Å². The zero-order chi connectivity index (χ0) is 16.6. The number of amides is 1. The molecule has 0 saturated heterocycles. The van der Waals surface area contributed by atoms with E-state index in [4.69, 9.17) is 22.6 Å². The molecular weight excluding hydrogens is 186 g/mol. The standard InChI is InChI=1S/C10H12ClNO/c1-7-4-3-5-8(2)10(7)12-9(13)6-11/h3-5H,6H2,1-2H3,(H,12,13)/i1D3,2D3,6D2. The number of rotatable bonds is 2. The Morgan fingerprint density at radius 1 is 1.62 bits per heavy atom. The van der Waals surface area contributed by atoms with Gasteiger partial charge in [-0.15, -0.1) is 11.6 Å². The van der Waals surface area contributed by atoms with Crippen LogP contribution in [-0.4, -0.2) is 11.7 Å². The molecule has 0 unspecified atom stereocenters. The number of hydrogen-bond donors (Lipinski definition) is 1. The fraction of sp³-hybridized carbons (Fsp3) is 0.300. The van der Waals surface area contributed by atoms with Gasteiger partial charge in [0.2, 0.25) is 5.91 Å². The molecule has 0 fully saturated rings. The summed E-state index contributed by atoms with van der Waals surface area (Å²) in [5.74, 6) is -4.14. The van der Waals surface area contributed by atoms with E-state index in [0.29, 0.717) is 0 Å². The third-order valence-electron chi connectivity index (χ3n) is 1.39. The summed E-state index contributed by atoms with van der Waals surface area (Å²) in [6.07, 6.45) is 0. The molecule has 13 heavy (non-hydrogen) atoms. The molecule has 0 aliphatic heterocycles. The van der Waals surface area contributed by atoms with Gasteiger partial charge < -0.3 is 5.32 Å². The van der Waals surface area contributed by atoms with Crippen molar-refractivity contribution in [3.8, 4) is 0 Å². The first kappa shape index (κ1) is 3.62. The number of halogens is 1. The van der Waals surface area contributed by atoms with Crippen molar-refractivity contribution in [1.82, 2.24) is 0 Å². The molecule has 0 saturated carbocycles. The van der Waals surface area contributed by atoms with Crippen LogP contribution in [0, 0.1) is 13.7 Å².